The molecule has 2 saturated heterocycles. The number of aliphatic hydroxyl groups is 1. The zero-order valence-electron chi connectivity index (χ0n) is 28.3. The van der Waals surface area contributed by atoms with Crippen molar-refractivity contribution < 1.29 is 29.0 Å². The molecular formula is C36H57ClN4O6. The van der Waals surface area contributed by atoms with Crippen LogP contribution in [0.3, 0.4) is 0 Å². The van der Waals surface area contributed by atoms with Gasteiger partial charge < -0.3 is 35.0 Å². The van der Waals surface area contributed by atoms with Gasteiger partial charge in [-0.3, -0.25) is 9.59 Å². The molecular weight excluding hydrogens is 620 g/mol. The number of amides is 3. The van der Waals surface area contributed by atoms with Gasteiger partial charge in [0.05, 0.1) is 32.3 Å². The molecule has 1 aromatic carbocycles. The predicted octanol–water partition coefficient (Wildman–Crippen LogP) is 5.32. The first-order chi connectivity index (χ1) is 22.8. The van der Waals surface area contributed by atoms with Crippen LogP contribution in [0.25, 0.3) is 0 Å². The Morgan fingerprint density at radius 2 is 1.72 bits per heavy atom. The number of carbonyl (C=O) groups is 3. The second-order valence-corrected chi connectivity index (χ2v) is 14.2. The van der Waals surface area contributed by atoms with Gasteiger partial charge >= 0.3 is 6.09 Å². The molecule has 2 aliphatic heterocycles. The molecule has 1 aliphatic carbocycles. The number of aliphatic hydroxyl groups excluding tert-OH is 1. The van der Waals surface area contributed by atoms with Crippen molar-refractivity contribution in [2.45, 2.75) is 95.7 Å². The van der Waals surface area contributed by atoms with Crippen LogP contribution in [0.4, 0.5) is 4.79 Å². The summed E-state index contributed by atoms with van der Waals surface area (Å²) in [5.74, 6) is 0.140. The number of rotatable bonds is 16. The van der Waals surface area contributed by atoms with Crippen LogP contribution in [0, 0.1) is 17.8 Å². The molecule has 11 heteroatoms. The van der Waals surface area contributed by atoms with E-state index in [2.05, 4.69) is 20.3 Å². The Hall–Kier alpha value is -2.40. The second-order valence-electron chi connectivity index (χ2n) is 13.7. The summed E-state index contributed by atoms with van der Waals surface area (Å²) in [5, 5.41) is 17.7. The van der Waals surface area contributed by atoms with E-state index >= 15 is 0 Å². The summed E-state index contributed by atoms with van der Waals surface area (Å²) in [5.41, 5.74) is 0.937. The smallest absolute Gasteiger partial charge is 0.406 e. The third-order valence-corrected chi connectivity index (χ3v) is 10.4. The molecule has 3 fully saturated rings. The third-order valence-electron chi connectivity index (χ3n) is 10.2. The highest BCUT2D eigenvalue weighted by atomic mass is 35.5. The number of hydrogen-bond acceptors (Lipinski definition) is 7. The first-order valence-corrected chi connectivity index (χ1v) is 18.3. The molecule has 1 saturated carbocycles. The molecule has 4 atom stereocenters. The van der Waals surface area contributed by atoms with Crippen LogP contribution in [0.5, 0.6) is 0 Å². The summed E-state index contributed by atoms with van der Waals surface area (Å²) in [6, 6.07) is 7.60. The summed E-state index contributed by atoms with van der Waals surface area (Å²) in [6.07, 6.45) is 10.6. The Bertz CT molecular complexity index is 1110. The SMILES string of the molecule is COC(=O)NCCO[C@@H](c1cccc(Cl)c1)[C@@H]1CCCN(C(=O)C[C@@H](CC2CCCCC2)[C@@H](O)CC(=O)NCCN2CCCCC2)C1. The molecule has 0 aromatic heterocycles. The molecule has 0 bridgehead atoms. The number of carbonyl (C=O) groups excluding carboxylic acids is 3. The molecule has 0 spiro atoms. The zero-order valence-corrected chi connectivity index (χ0v) is 29.1. The van der Waals surface area contributed by atoms with Crippen molar-refractivity contribution in [3.05, 3.63) is 34.9 Å². The molecule has 2 heterocycles. The fraction of sp³-hybridized carbons (Fsp3) is 0.750. The van der Waals surface area contributed by atoms with Gasteiger partial charge in [-0.05, 0) is 74.7 Å². The van der Waals surface area contributed by atoms with Crippen molar-refractivity contribution in [1.29, 1.82) is 0 Å². The van der Waals surface area contributed by atoms with Gasteiger partial charge in [0.1, 0.15) is 0 Å². The number of piperidine rings is 2. The van der Waals surface area contributed by atoms with Gasteiger partial charge in [0, 0.05) is 50.1 Å². The van der Waals surface area contributed by atoms with Crippen molar-refractivity contribution in [1.82, 2.24) is 20.4 Å². The summed E-state index contributed by atoms with van der Waals surface area (Å²) in [4.78, 5) is 42.6. The highest BCUT2D eigenvalue weighted by molar-refractivity contribution is 6.30. The minimum absolute atomic E-state index is 0.0252. The number of hydrogen-bond donors (Lipinski definition) is 3. The van der Waals surface area contributed by atoms with Crippen molar-refractivity contribution >= 4 is 29.5 Å². The number of halogens is 1. The van der Waals surface area contributed by atoms with E-state index in [0.717, 1.165) is 57.3 Å². The molecule has 4 rings (SSSR count). The number of ether oxygens (including phenoxy) is 2. The Kier molecular flexibility index (Phi) is 16.1. The Morgan fingerprint density at radius 1 is 0.957 bits per heavy atom. The monoisotopic (exact) mass is 676 g/mol. The molecule has 3 N–H and O–H groups in total. The van der Waals surface area contributed by atoms with Gasteiger partial charge in [-0.15, -0.1) is 0 Å². The van der Waals surface area contributed by atoms with E-state index in [1.54, 1.807) is 0 Å². The number of nitrogens with zero attached hydrogens (tertiary/aromatic N) is 2. The van der Waals surface area contributed by atoms with Crippen LogP contribution in [0.2, 0.25) is 5.02 Å². The van der Waals surface area contributed by atoms with Crippen LogP contribution < -0.4 is 10.6 Å². The molecule has 47 heavy (non-hydrogen) atoms. The first-order valence-electron chi connectivity index (χ1n) is 18.0. The first kappa shape index (κ1) is 37.4. The molecule has 264 valence electrons. The van der Waals surface area contributed by atoms with E-state index in [4.69, 9.17) is 16.3 Å². The largest absolute Gasteiger partial charge is 0.453 e. The van der Waals surface area contributed by atoms with E-state index in [0.29, 0.717) is 37.1 Å². The van der Waals surface area contributed by atoms with Gasteiger partial charge in [-0.25, -0.2) is 4.79 Å². The van der Waals surface area contributed by atoms with Crippen molar-refractivity contribution in [3.63, 3.8) is 0 Å². The lowest BCUT2D eigenvalue weighted by molar-refractivity contribution is -0.137. The Balaban J connectivity index is 1.36. The fourth-order valence-corrected chi connectivity index (χ4v) is 7.83. The van der Waals surface area contributed by atoms with Gasteiger partial charge in [0.2, 0.25) is 11.8 Å². The highest BCUT2D eigenvalue weighted by Crippen LogP contribution is 2.36. The quantitative estimate of drug-likeness (QED) is 0.203. The lowest BCUT2D eigenvalue weighted by Crippen LogP contribution is -2.44. The predicted molar refractivity (Wildman–Crippen MR) is 183 cm³/mol. The second kappa shape index (κ2) is 20.2. The van der Waals surface area contributed by atoms with E-state index in [9.17, 15) is 19.5 Å². The number of alkyl carbamates (subject to hydrolysis) is 1. The summed E-state index contributed by atoms with van der Waals surface area (Å²) in [6.45, 7) is 5.36. The normalized spacial score (nSPS) is 21.4. The summed E-state index contributed by atoms with van der Waals surface area (Å²) < 4.78 is 11.0. The molecule has 10 nitrogen and oxygen atoms in total. The average Bonchev–Trinajstić information content (AvgIpc) is 3.08. The number of methoxy groups -OCH3 is 1. The van der Waals surface area contributed by atoms with Gasteiger partial charge in [-0.2, -0.15) is 0 Å². The molecule has 0 unspecified atom stereocenters. The Morgan fingerprint density at radius 3 is 2.47 bits per heavy atom. The van der Waals surface area contributed by atoms with Crippen molar-refractivity contribution in [3.8, 4) is 0 Å². The van der Waals surface area contributed by atoms with Gasteiger partial charge in [-0.1, -0.05) is 62.3 Å². The minimum atomic E-state index is -0.860. The maximum Gasteiger partial charge on any atom is 0.406 e. The highest BCUT2D eigenvalue weighted by Gasteiger charge is 2.34. The van der Waals surface area contributed by atoms with E-state index in [-0.39, 0.29) is 49.2 Å². The molecule has 1 aromatic rings. The maximum atomic E-state index is 13.9. The summed E-state index contributed by atoms with van der Waals surface area (Å²) >= 11 is 6.35. The van der Waals surface area contributed by atoms with Gasteiger partial charge in [0.15, 0.2) is 0 Å². The molecule has 3 aliphatic rings. The maximum absolute atomic E-state index is 13.9. The topological polar surface area (TPSA) is 120 Å². The summed E-state index contributed by atoms with van der Waals surface area (Å²) in [7, 11) is 1.32. The Labute approximate surface area is 286 Å². The van der Waals surface area contributed by atoms with E-state index < -0.39 is 12.2 Å². The fourth-order valence-electron chi connectivity index (χ4n) is 7.63. The number of benzene rings is 1. The minimum Gasteiger partial charge on any atom is -0.453 e. The standard InChI is InChI=1S/C36H57ClN4O6/c1-46-36(45)39-16-21-47-35(28-12-8-14-31(37)23-28)29-13-9-19-41(26-29)34(44)24-30(22-27-10-4-2-5-11-27)32(42)25-33(43)38-15-20-40-17-6-3-7-18-40/h8,12,14,23,27,29-30,32,35,42H,2-7,9-11,13,15-22,24-26H2,1H3,(H,38,43)(H,39,45)/t29-,30-,32+,35+/m1/s1. The lowest BCUT2D eigenvalue weighted by Gasteiger charge is -2.38. The zero-order chi connectivity index (χ0) is 33.4. The van der Waals surface area contributed by atoms with Crippen LogP contribution in [-0.4, -0.2) is 98.4 Å². The van der Waals surface area contributed by atoms with Gasteiger partial charge in [0.25, 0.3) is 0 Å². The van der Waals surface area contributed by atoms with Crippen LogP contribution in [0.15, 0.2) is 24.3 Å². The average molecular weight is 677 g/mol. The van der Waals surface area contributed by atoms with Crippen molar-refractivity contribution in [2.24, 2.45) is 17.8 Å². The number of nitrogens with one attached hydrogen (secondary N) is 2. The van der Waals surface area contributed by atoms with E-state index in [1.807, 2.05) is 29.2 Å². The van der Waals surface area contributed by atoms with Crippen molar-refractivity contribution in [2.75, 3.05) is 59.5 Å². The molecule has 0 radical (unpaired) electrons. The van der Waals surface area contributed by atoms with Crippen LogP contribution in [0.1, 0.15) is 95.1 Å². The third kappa shape index (κ3) is 12.9. The number of likely N-dealkylation sites (tertiary alicyclic amines) is 2. The van der Waals surface area contributed by atoms with Crippen LogP contribution in [-0.2, 0) is 19.1 Å². The van der Waals surface area contributed by atoms with E-state index in [1.165, 1.54) is 45.6 Å². The lowest BCUT2D eigenvalue weighted by atomic mass is 9.79. The molecule has 3 amide bonds. The van der Waals surface area contributed by atoms with Crippen LogP contribution >= 0.6 is 11.6 Å².